The number of carbonyl (C=O) groups excluding carboxylic acids is 1. The molecular formula is C18H27F2NO3. The summed E-state index contributed by atoms with van der Waals surface area (Å²) in [4.78, 5) is 13.9. The summed E-state index contributed by atoms with van der Waals surface area (Å²) in [7, 11) is 0. The van der Waals surface area contributed by atoms with Gasteiger partial charge < -0.3 is 14.4 Å². The summed E-state index contributed by atoms with van der Waals surface area (Å²) in [6.45, 7) is 2.59. The van der Waals surface area contributed by atoms with Crippen LogP contribution in [0, 0.1) is 11.8 Å². The molecule has 2 saturated carbocycles. The summed E-state index contributed by atoms with van der Waals surface area (Å²) < 4.78 is 37.9. The van der Waals surface area contributed by atoms with E-state index in [1.54, 1.807) is 4.90 Å². The Morgan fingerprint density at radius 1 is 1.12 bits per heavy atom. The van der Waals surface area contributed by atoms with Gasteiger partial charge in [-0.1, -0.05) is 12.8 Å². The zero-order valence-corrected chi connectivity index (χ0v) is 14.1. The molecule has 0 bridgehead atoms. The summed E-state index contributed by atoms with van der Waals surface area (Å²) in [5.74, 6) is -2.54. The van der Waals surface area contributed by atoms with E-state index in [9.17, 15) is 13.6 Å². The van der Waals surface area contributed by atoms with Gasteiger partial charge in [0.25, 0.3) is 0 Å². The molecule has 1 spiro atoms. The molecule has 0 radical (unpaired) electrons. The average Bonchev–Trinajstić information content (AvgIpc) is 3.01. The van der Waals surface area contributed by atoms with Crippen LogP contribution in [0.15, 0.2) is 0 Å². The highest BCUT2D eigenvalue weighted by Gasteiger charge is 2.55. The van der Waals surface area contributed by atoms with Crippen molar-refractivity contribution in [2.24, 2.45) is 11.8 Å². The van der Waals surface area contributed by atoms with Gasteiger partial charge in [-0.25, -0.2) is 8.78 Å². The van der Waals surface area contributed by atoms with Crippen molar-refractivity contribution in [3.63, 3.8) is 0 Å². The fraction of sp³-hybridized carbons (Fsp3) is 0.944. The molecule has 0 aromatic rings. The monoisotopic (exact) mass is 343 g/mol. The summed E-state index contributed by atoms with van der Waals surface area (Å²) in [5, 5.41) is 0. The standard InChI is InChI=1S/C18H27F2NO3/c19-18(20)7-14(8-18)16(22)21-11-17(12-21)9-15(5-6-24-17)23-10-13-3-1-2-4-13/h13-15H,1-12H2. The molecule has 2 aliphatic carbocycles. The Morgan fingerprint density at radius 2 is 1.83 bits per heavy atom. The third-order valence-corrected chi connectivity index (χ3v) is 6.20. The van der Waals surface area contributed by atoms with E-state index in [4.69, 9.17) is 9.47 Å². The molecular weight excluding hydrogens is 316 g/mol. The predicted octanol–water partition coefficient (Wildman–Crippen LogP) is 3.00. The van der Waals surface area contributed by atoms with E-state index in [1.165, 1.54) is 25.7 Å². The lowest BCUT2D eigenvalue weighted by molar-refractivity contribution is -0.210. The van der Waals surface area contributed by atoms with E-state index < -0.39 is 11.8 Å². The van der Waals surface area contributed by atoms with E-state index in [0.717, 1.165) is 19.4 Å². The Hall–Kier alpha value is -0.750. The second-order valence-electron chi connectivity index (χ2n) is 8.29. The van der Waals surface area contributed by atoms with Gasteiger partial charge in [-0.3, -0.25) is 4.79 Å². The van der Waals surface area contributed by atoms with Crippen LogP contribution in [0.4, 0.5) is 8.78 Å². The first-order chi connectivity index (χ1) is 11.4. The number of carbonyl (C=O) groups is 1. The van der Waals surface area contributed by atoms with Gasteiger partial charge in [0.2, 0.25) is 11.8 Å². The first-order valence-electron chi connectivity index (χ1n) is 9.37. The van der Waals surface area contributed by atoms with Crippen LogP contribution in [-0.4, -0.2) is 54.7 Å². The van der Waals surface area contributed by atoms with Crippen molar-refractivity contribution in [1.29, 1.82) is 0 Å². The van der Waals surface area contributed by atoms with Gasteiger partial charge in [0, 0.05) is 38.4 Å². The molecule has 2 saturated heterocycles. The third-order valence-electron chi connectivity index (χ3n) is 6.20. The lowest BCUT2D eigenvalue weighted by Gasteiger charge is -2.54. The van der Waals surface area contributed by atoms with Crippen molar-refractivity contribution in [2.45, 2.75) is 69.0 Å². The maximum Gasteiger partial charge on any atom is 0.249 e. The Bertz CT molecular complexity index is 479. The molecule has 2 heterocycles. The number of halogens is 2. The lowest BCUT2D eigenvalue weighted by Crippen LogP contribution is -2.68. The van der Waals surface area contributed by atoms with E-state index in [2.05, 4.69) is 0 Å². The second-order valence-corrected chi connectivity index (χ2v) is 8.29. The highest BCUT2D eigenvalue weighted by molar-refractivity contribution is 5.81. The largest absolute Gasteiger partial charge is 0.378 e. The van der Waals surface area contributed by atoms with E-state index >= 15 is 0 Å². The molecule has 0 aromatic carbocycles. The van der Waals surface area contributed by atoms with E-state index in [0.29, 0.717) is 25.6 Å². The Morgan fingerprint density at radius 3 is 2.50 bits per heavy atom. The molecule has 4 aliphatic rings. The van der Waals surface area contributed by atoms with Crippen molar-refractivity contribution in [3.05, 3.63) is 0 Å². The van der Waals surface area contributed by atoms with Crippen LogP contribution in [0.25, 0.3) is 0 Å². The molecule has 1 unspecified atom stereocenters. The first-order valence-corrected chi connectivity index (χ1v) is 9.37. The normalized spacial score (nSPS) is 32.6. The smallest absolute Gasteiger partial charge is 0.249 e. The summed E-state index contributed by atoms with van der Waals surface area (Å²) in [5.41, 5.74) is -0.291. The Labute approximate surface area is 141 Å². The molecule has 6 heteroatoms. The van der Waals surface area contributed by atoms with Crippen molar-refractivity contribution in [2.75, 3.05) is 26.3 Å². The molecule has 1 atom stereocenters. The van der Waals surface area contributed by atoms with Crippen LogP contribution in [-0.2, 0) is 14.3 Å². The average molecular weight is 343 g/mol. The first kappa shape index (κ1) is 16.7. The number of likely N-dealkylation sites (tertiary alicyclic amines) is 1. The molecule has 1 amide bonds. The summed E-state index contributed by atoms with van der Waals surface area (Å²) in [6, 6.07) is 0. The minimum absolute atomic E-state index is 0.121. The van der Waals surface area contributed by atoms with E-state index in [1.807, 2.05) is 0 Å². The van der Waals surface area contributed by atoms with Crippen molar-refractivity contribution in [3.8, 4) is 0 Å². The molecule has 24 heavy (non-hydrogen) atoms. The van der Waals surface area contributed by atoms with Gasteiger partial charge >= 0.3 is 0 Å². The van der Waals surface area contributed by atoms with Crippen LogP contribution in [0.3, 0.4) is 0 Å². The fourth-order valence-corrected chi connectivity index (χ4v) is 4.69. The van der Waals surface area contributed by atoms with Crippen LogP contribution >= 0.6 is 0 Å². The quantitative estimate of drug-likeness (QED) is 0.788. The van der Waals surface area contributed by atoms with Gasteiger partial charge in [-0.15, -0.1) is 0 Å². The zero-order valence-electron chi connectivity index (χ0n) is 14.1. The lowest BCUT2D eigenvalue weighted by atomic mass is 9.77. The number of rotatable bonds is 4. The molecule has 0 N–H and O–H groups in total. The van der Waals surface area contributed by atoms with Gasteiger partial charge in [0.1, 0.15) is 5.60 Å². The number of hydrogen-bond donors (Lipinski definition) is 0. The third kappa shape index (κ3) is 3.32. The number of amides is 1. The van der Waals surface area contributed by atoms with Gasteiger partial charge in [0.05, 0.1) is 19.2 Å². The zero-order chi connectivity index (χ0) is 16.8. The second kappa shape index (κ2) is 6.20. The SMILES string of the molecule is O=C(C1CC(F)(F)C1)N1CC2(CC(OCC3CCCC3)CCO2)C1. The van der Waals surface area contributed by atoms with Gasteiger partial charge in [0.15, 0.2) is 0 Å². The number of ether oxygens (including phenoxy) is 2. The van der Waals surface area contributed by atoms with Crippen LogP contribution in [0.2, 0.25) is 0 Å². The van der Waals surface area contributed by atoms with Crippen LogP contribution < -0.4 is 0 Å². The molecule has 2 aliphatic heterocycles. The molecule has 0 aromatic heterocycles. The highest BCUT2D eigenvalue weighted by Crippen LogP contribution is 2.45. The van der Waals surface area contributed by atoms with Crippen molar-refractivity contribution < 1.29 is 23.0 Å². The van der Waals surface area contributed by atoms with E-state index in [-0.39, 0.29) is 30.5 Å². The van der Waals surface area contributed by atoms with Crippen molar-refractivity contribution in [1.82, 2.24) is 4.90 Å². The molecule has 136 valence electrons. The number of nitrogens with zero attached hydrogens (tertiary/aromatic N) is 1. The maximum atomic E-state index is 12.9. The fourth-order valence-electron chi connectivity index (χ4n) is 4.69. The van der Waals surface area contributed by atoms with Crippen LogP contribution in [0.5, 0.6) is 0 Å². The highest BCUT2D eigenvalue weighted by atomic mass is 19.3. The maximum absolute atomic E-state index is 12.9. The van der Waals surface area contributed by atoms with Gasteiger partial charge in [-0.05, 0) is 25.2 Å². The minimum atomic E-state index is -2.64. The molecule has 4 fully saturated rings. The molecule has 4 rings (SSSR count). The number of hydrogen-bond acceptors (Lipinski definition) is 3. The predicted molar refractivity (Wildman–Crippen MR) is 83.9 cm³/mol. The van der Waals surface area contributed by atoms with Gasteiger partial charge in [-0.2, -0.15) is 0 Å². The minimum Gasteiger partial charge on any atom is -0.378 e. The summed E-state index contributed by atoms with van der Waals surface area (Å²) in [6.07, 6.45) is 6.58. The topological polar surface area (TPSA) is 38.8 Å². The summed E-state index contributed by atoms with van der Waals surface area (Å²) >= 11 is 0. The Kier molecular flexibility index (Phi) is 4.32. The molecule has 4 nitrogen and oxygen atoms in total. The van der Waals surface area contributed by atoms with Crippen molar-refractivity contribution >= 4 is 5.91 Å². The number of alkyl halides is 2. The Balaban J connectivity index is 1.23. The van der Waals surface area contributed by atoms with Crippen LogP contribution in [0.1, 0.15) is 51.4 Å².